The van der Waals surface area contributed by atoms with Crippen LogP contribution in [0.4, 0.5) is 11.6 Å². The van der Waals surface area contributed by atoms with Crippen molar-refractivity contribution in [3.8, 4) is 0 Å². The predicted octanol–water partition coefficient (Wildman–Crippen LogP) is 0.768. The number of nitrogens with one attached hydrogen (secondary N) is 2. The maximum absolute atomic E-state index is 5.55. The number of aromatic nitrogens is 2. The van der Waals surface area contributed by atoms with E-state index in [4.69, 9.17) is 5.84 Å². The largest absolute Gasteiger partial charge is 0.308 e. The van der Waals surface area contributed by atoms with Crippen LogP contribution >= 0.6 is 0 Å². The Hall–Kier alpha value is -1.44. The molecular formula is C13H25N7. The van der Waals surface area contributed by atoms with Crippen molar-refractivity contribution >= 4 is 11.6 Å². The van der Waals surface area contributed by atoms with Crippen LogP contribution in [-0.2, 0) is 0 Å². The average molecular weight is 279 g/mol. The number of rotatable bonds is 4. The lowest BCUT2D eigenvalue weighted by Crippen LogP contribution is -2.47. The van der Waals surface area contributed by atoms with Gasteiger partial charge in [-0.1, -0.05) is 13.8 Å². The summed E-state index contributed by atoms with van der Waals surface area (Å²) >= 11 is 0. The number of hydrogen-bond donors (Lipinski definition) is 3. The fourth-order valence-electron chi connectivity index (χ4n) is 2.11. The van der Waals surface area contributed by atoms with Crippen molar-refractivity contribution in [1.82, 2.24) is 19.9 Å². The molecule has 0 amide bonds. The van der Waals surface area contributed by atoms with Crippen molar-refractivity contribution in [2.75, 3.05) is 44.1 Å². The lowest BCUT2D eigenvalue weighted by atomic mass is 10.2. The Morgan fingerprint density at radius 1 is 1.10 bits per heavy atom. The molecule has 7 nitrogen and oxygen atoms in total. The molecule has 1 aliphatic rings. The van der Waals surface area contributed by atoms with Crippen LogP contribution in [0.15, 0.2) is 0 Å². The first kappa shape index (κ1) is 15.0. The highest BCUT2D eigenvalue weighted by Gasteiger charge is 2.17. The molecule has 1 aliphatic heterocycles. The number of hydrogen-bond acceptors (Lipinski definition) is 7. The Kier molecular flexibility index (Phi) is 4.74. The third-order valence-electron chi connectivity index (χ3n) is 3.58. The summed E-state index contributed by atoms with van der Waals surface area (Å²) in [6.45, 7) is 10.2. The van der Waals surface area contributed by atoms with Gasteiger partial charge in [-0.25, -0.2) is 20.8 Å². The fraction of sp³-hybridized carbons (Fsp3) is 0.692. The van der Waals surface area contributed by atoms with Crippen molar-refractivity contribution in [3.05, 3.63) is 11.4 Å². The van der Waals surface area contributed by atoms with Gasteiger partial charge < -0.3 is 15.8 Å². The van der Waals surface area contributed by atoms with Crippen LogP contribution in [0.5, 0.6) is 0 Å². The standard InChI is InChI=1S/C13H25N7/c1-9(2)11-15-12(17-14)10(3)13(16-11)18-20-7-5-19(4)6-8-20/h9H,5-8,14H2,1-4H3,(H2,15,16,17,18). The molecule has 1 saturated heterocycles. The average Bonchev–Trinajstić information content (AvgIpc) is 2.43. The minimum absolute atomic E-state index is 0.260. The lowest BCUT2D eigenvalue weighted by Gasteiger charge is -2.33. The number of nitrogen functional groups attached to an aromatic ring is 1. The predicted molar refractivity (Wildman–Crippen MR) is 81.4 cm³/mol. The summed E-state index contributed by atoms with van der Waals surface area (Å²) in [5, 5.41) is 2.19. The van der Waals surface area contributed by atoms with Crippen LogP contribution in [0.25, 0.3) is 0 Å². The molecule has 7 heteroatoms. The number of piperazine rings is 1. The second-order valence-corrected chi connectivity index (χ2v) is 5.61. The maximum atomic E-state index is 5.55. The third kappa shape index (κ3) is 3.36. The van der Waals surface area contributed by atoms with Gasteiger partial charge in [0, 0.05) is 37.7 Å². The molecule has 4 N–H and O–H groups in total. The van der Waals surface area contributed by atoms with E-state index < -0.39 is 0 Å². The topological polar surface area (TPSA) is 82.3 Å². The molecule has 112 valence electrons. The van der Waals surface area contributed by atoms with Crippen LogP contribution in [0.3, 0.4) is 0 Å². The monoisotopic (exact) mass is 279 g/mol. The normalized spacial score (nSPS) is 17.5. The van der Waals surface area contributed by atoms with Crippen LogP contribution in [0.1, 0.15) is 31.2 Å². The van der Waals surface area contributed by atoms with Gasteiger partial charge in [-0.3, -0.25) is 0 Å². The molecule has 0 atom stereocenters. The molecule has 1 aromatic heterocycles. The number of nitrogens with zero attached hydrogens (tertiary/aromatic N) is 4. The van der Waals surface area contributed by atoms with E-state index >= 15 is 0 Å². The second kappa shape index (κ2) is 6.34. The van der Waals surface area contributed by atoms with E-state index in [0.717, 1.165) is 43.4 Å². The molecule has 0 saturated carbocycles. The number of nitrogens with two attached hydrogens (primary N) is 1. The summed E-state index contributed by atoms with van der Waals surface area (Å²) in [5.41, 5.74) is 7.00. The molecule has 0 radical (unpaired) electrons. The molecular weight excluding hydrogens is 254 g/mol. The molecule has 1 fully saturated rings. The Balaban J connectivity index is 2.19. The van der Waals surface area contributed by atoms with Crippen LogP contribution in [0, 0.1) is 6.92 Å². The third-order valence-corrected chi connectivity index (χ3v) is 3.58. The highest BCUT2D eigenvalue weighted by Crippen LogP contribution is 2.23. The number of hydrazine groups is 2. The van der Waals surface area contributed by atoms with E-state index in [2.05, 4.69) is 51.6 Å². The Morgan fingerprint density at radius 3 is 2.25 bits per heavy atom. The number of anilines is 2. The first-order valence-corrected chi connectivity index (χ1v) is 7.06. The first-order valence-electron chi connectivity index (χ1n) is 7.06. The molecule has 0 unspecified atom stereocenters. The molecule has 0 bridgehead atoms. The fourth-order valence-corrected chi connectivity index (χ4v) is 2.11. The summed E-state index contributed by atoms with van der Waals surface area (Å²) < 4.78 is 0. The minimum Gasteiger partial charge on any atom is -0.308 e. The zero-order valence-corrected chi connectivity index (χ0v) is 12.8. The summed E-state index contributed by atoms with van der Waals surface area (Å²) in [6.07, 6.45) is 0. The van der Waals surface area contributed by atoms with Gasteiger partial charge in [-0.15, -0.1) is 0 Å². The molecule has 1 aromatic rings. The van der Waals surface area contributed by atoms with E-state index in [1.54, 1.807) is 0 Å². The minimum atomic E-state index is 0.260. The van der Waals surface area contributed by atoms with Crippen LogP contribution in [0.2, 0.25) is 0 Å². The second-order valence-electron chi connectivity index (χ2n) is 5.61. The van der Waals surface area contributed by atoms with Gasteiger partial charge in [0.1, 0.15) is 17.5 Å². The van der Waals surface area contributed by atoms with Crippen molar-refractivity contribution < 1.29 is 0 Å². The quantitative estimate of drug-likeness (QED) is 0.554. The number of likely N-dealkylation sites (N-methyl/N-ethyl adjacent to an activating group) is 1. The van der Waals surface area contributed by atoms with E-state index in [1.165, 1.54) is 0 Å². The van der Waals surface area contributed by atoms with E-state index in [-0.39, 0.29) is 5.92 Å². The van der Waals surface area contributed by atoms with Crippen molar-refractivity contribution in [1.29, 1.82) is 0 Å². The lowest BCUT2D eigenvalue weighted by molar-refractivity contribution is 0.178. The van der Waals surface area contributed by atoms with Gasteiger partial charge in [0.05, 0.1) is 0 Å². The highest BCUT2D eigenvalue weighted by atomic mass is 15.5. The molecule has 2 rings (SSSR count). The van der Waals surface area contributed by atoms with Gasteiger partial charge in [0.15, 0.2) is 0 Å². The summed E-state index contributed by atoms with van der Waals surface area (Å²) in [7, 11) is 2.14. The zero-order valence-electron chi connectivity index (χ0n) is 12.8. The summed E-state index contributed by atoms with van der Waals surface area (Å²) in [5.74, 6) is 8.12. The van der Waals surface area contributed by atoms with E-state index in [1.807, 2.05) is 6.92 Å². The molecule has 20 heavy (non-hydrogen) atoms. The van der Waals surface area contributed by atoms with Crippen molar-refractivity contribution in [2.45, 2.75) is 26.7 Å². The summed E-state index contributed by atoms with van der Waals surface area (Å²) in [4.78, 5) is 11.4. The first-order chi connectivity index (χ1) is 9.51. The van der Waals surface area contributed by atoms with E-state index in [0.29, 0.717) is 5.82 Å². The molecule has 0 aliphatic carbocycles. The van der Waals surface area contributed by atoms with Gasteiger partial charge >= 0.3 is 0 Å². The Morgan fingerprint density at radius 2 is 1.70 bits per heavy atom. The Bertz CT molecular complexity index is 452. The smallest absolute Gasteiger partial charge is 0.149 e. The van der Waals surface area contributed by atoms with Gasteiger partial charge in [-0.2, -0.15) is 0 Å². The molecule has 2 heterocycles. The van der Waals surface area contributed by atoms with Gasteiger partial charge in [0.2, 0.25) is 0 Å². The SMILES string of the molecule is Cc1c(NN)nc(C(C)C)nc1NN1CCN(C)CC1. The van der Waals surface area contributed by atoms with Crippen LogP contribution < -0.4 is 16.7 Å². The van der Waals surface area contributed by atoms with Gasteiger partial charge in [0.25, 0.3) is 0 Å². The van der Waals surface area contributed by atoms with E-state index in [9.17, 15) is 0 Å². The highest BCUT2D eigenvalue weighted by molar-refractivity contribution is 5.56. The summed E-state index contributed by atoms with van der Waals surface area (Å²) in [6, 6.07) is 0. The Labute approximate surface area is 120 Å². The van der Waals surface area contributed by atoms with Crippen LogP contribution in [-0.4, -0.2) is 53.1 Å². The maximum Gasteiger partial charge on any atom is 0.149 e. The molecule has 0 spiro atoms. The van der Waals surface area contributed by atoms with Crippen molar-refractivity contribution in [3.63, 3.8) is 0 Å². The zero-order chi connectivity index (χ0) is 14.7. The molecule has 0 aromatic carbocycles. The van der Waals surface area contributed by atoms with Crippen molar-refractivity contribution in [2.24, 2.45) is 5.84 Å². The van der Waals surface area contributed by atoms with Gasteiger partial charge in [-0.05, 0) is 14.0 Å².